The fourth-order valence-electron chi connectivity index (χ4n) is 3.83. The molecule has 4 atom stereocenters. The standard InChI is InChI=1S/C25H46O6/c1-2-3-4-5-6-7-8-9-10-11-12-13-14-15-16-17-18-23(28)30-20-22(27)25-24(29)21(26)19-31-25/h9-10,21-22,24-27,29H,2-8,11-20H2,1H3/b10-9+/t21-,22+,24+,25+/m0/s1. The fraction of sp³-hybridized carbons (Fsp3) is 0.880. The predicted molar refractivity (Wildman–Crippen MR) is 123 cm³/mol. The molecule has 3 N–H and O–H groups in total. The molecule has 0 aromatic heterocycles. The number of carbonyl (C=O) groups excluding carboxylic acids is 1. The first-order chi connectivity index (χ1) is 15.1. The summed E-state index contributed by atoms with van der Waals surface area (Å²) in [4.78, 5) is 11.8. The Morgan fingerprint density at radius 3 is 2.03 bits per heavy atom. The molecule has 1 heterocycles. The van der Waals surface area contributed by atoms with Gasteiger partial charge in [-0.3, -0.25) is 4.79 Å². The molecule has 0 amide bonds. The molecule has 1 saturated heterocycles. The van der Waals surface area contributed by atoms with Crippen LogP contribution in [0.25, 0.3) is 0 Å². The van der Waals surface area contributed by atoms with Crippen LogP contribution in [0, 0.1) is 0 Å². The molecule has 0 spiro atoms. The number of esters is 1. The summed E-state index contributed by atoms with van der Waals surface area (Å²) in [5.74, 6) is -0.345. The molecule has 1 rings (SSSR count). The fourth-order valence-corrected chi connectivity index (χ4v) is 3.83. The molecular weight excluding hydrogens is 396 g/mol. The van der Waals surface area contributed by atoms with E-state index in [0.29, 0.717) is 6.42 Å². The number of hydrogen-bond acceptors (Lipinski definition) is 6. The zero-order chi connectivity index (χ0) is 22.7. The quantitative estimate of drug-likeness (QED) is 0.155. The van der Waals surface area contributed by atoms with Crippen LogP contribution in [0.5, 0.6) is 0 Å². The van der Waals surface area contributed by atoms with Crippen molar-refractivity contribution in [2.75, 3.05) is 13.2 Å². The van der Waals surface area contributed by atoms with Crippen LogP contribution >= 0.6 is 0 Å². The SMILES string of the molecule is CCCCCCCC/C=C/CCCCCCCCC(=O)OC[C@@H](O)[C@H]1OC[C@H](O)[C@H]1O. The zero-order valence-electron chi connectivity index (χ0n) is 19.6. The van der Waals surface area contributed by atoms with Gasteiger partial charge in [-0.2, -0.15) is 0 Å². The van der Waals surface area contributed by atoms with E-state index in [4.69, 9.17) is 9.47 Å². The van der Waals surface area contributed by atoms with Crippen molar-refractivity contribution in [3.8, 4) is 0 Å². The largest absolute Gasteiger partial charge is 0.463 e. The average molecular weight is 443 g/mol. The number of carbonyl (C=O) groups is 1. The number of unbranched alkanes of at least 4 members (excludes halogenated alkanes) is 12. The number of allylic oxidation sites excluding steroid dienone is 2. The third kappa shape index (κ3) is 13.9. The molecule has 0 bridgehead atoms. The maximum absolute atomic E-state index is 11.8. The molecule has 0 radical (unpaired) electrons. The summed E-state index contributed by atoms with van der Waals surface area (Å²) >= 11 is 0. The molecule has 0 unspecified atom stereocenters. The Hall–Kier alpha value is -0.950. The van der Waals surface area contributed by atoms with Crippen molar-refractivity contribution in [1.82, 2.24) is 0 Å². The number of aliphatic hydroxyl groups is 3. The van der Waals surface area contributed by atoms with Crippen molar-refractivity contribution >= 4 is 5.97 Å². The minimum atomic E-state index is -1.15. The van der Waals surface area contributed by atoms with Gasteiger partial charge in [0, 0.05) is 6.42 Å². The average Bonchev–Trinajstić information content (AvgIpc) is 3.10. The molecule has 1 aliphatic heterocycles. The number of ether oxygens (including phenoxy) is 2. The lowest BCUT2D eigenvalue weighted by molar-refractivity contribution is -0.151. The molecule has 0 aliphatic carbocycles. The zero-order valence-corrected chi connectivity index (χ0v) is 19.6. The van der Waals surface area contributed by atoms with Gasteiger partial charge in [0.2, 0.25) is 0 Å². The minimum absolute atomic E-state index is 0.0215. The second-order valence-corrected chi connectivity index (χ2v) is 8.79. The van der Waals surface area contributed by atoms with Gasteiger partial charge in [-0.1, -0.05) is 76.9 Å². The number of rotatable bonds is 19. The molecule has 0 aromatic rings. The van der Waals surface area contributed by atoms with E-state index >= 15 is 0 Å². The van der Waals surface area contributed by atoms with Gasteiger partial charge in [-0.05, 0) is 32.1 Å². The molecule has 31 heavy (non-hydrogen) atoms. The Bertz CT molecular complexity index is 467. The highest BCUT2D eigenvalue weighted by Crippen LogP contribution is 2.18. The normalized spacial score (nSPS) is 22.3. The smallest absolute Gasteiger partial charge is 0.305 e. The maximum Gasteiger partial charge on any atom is 0.305 e. The molecule has 182 valence electrons. The Morgan fingerprint density at radius 2 is 1.48 bits per heavy atom. The lowest BCUT2D eigenvalue weighted by Gasteiger charge is -2.20. The van der Waals surface area contributed by atoms with E-state index in [1.165, 1.54) is 70.6 Å². The number of aliphatic hydroxyl groups excluding tert-OH is 3. The van der Waals surface area contributed by atoms with Crippen molar-refractivity contribution in [1.29, 1.82) is 0 Å². The van der Waals surface area contributed by atoms with Crippen molar-refractivity contribution < 1.29 is 29.6 Å². The Kier molecular flexibility index (Phi) is 16.9. The second kappa shape index (κ2) is 18.6. The van der Waals surface area contributed by atoms with Gasteiger partial charge in [0.15, 0.2) is 0 Å². The molecule has 1 fully saturated rings. The van der Waals surface area contributed by atoms with E-state index in [1.54, 1.807) is 0 Å². The van der Waals surface area contributed by atoms with E-state index in [1.807, 2.05) is 0 Å². The summed E-state index contributed by atoms with van der Waals surface area (Å²) in [5.41, 5.74) is 0. The van der Waals surface area contributed by atoms with Crippen LogP contribution in [-0.2, 0) is 14.3 Å². The number of hydrogen-bond donors (Lipinski definition) is 3. The van der Waals surface area contributed by atoms with E-state index in [2.05, 4.69) is 19.1 Å². The van der Waals surface area contributed by atoms with Crippen molar-refractivity contribution in [2.24, 2.45) is 0 Å². The summed E-state index contributed by atoms with van der Waals surface area (Å²) in [6.45, 7) is 2.01. The van der Waals surface area contributed by atoms with Crippen LogP contribution in [-0.4, -0.2) is 58.9 Å². The van der Waals surface area contributed by atoms with Crippen LogP contribution in [0.1, 0.15) is 103 Å². The third-order valence-corrected chi connectivity index (χ3v) is 5.88. The van der Waals surface area contributed by atoms with Gasteiger partial charge in [0.05, 0.1) is 6.61 Å². The lowest BCUT2D eigenvalue weighted by atomic mass is 10.1. The van der Waals surface area contributed by atoms with E-state index in [0.717, 1.165) is 19.3 Å². The molecule has 0 aromatic carbocycles. The van der Waals surface area contributed by atoms with Crippen LogP contribution in [0.4, 0.5) is 0 Å². The summed E-state index contributed by atoms with van der Waals surface area (Å²) in [7, 11) is 0. The highest BCUT2D eigenvalue weighted by Gasteiger charge is 2.39. The van der Waals surface area contributed by atoms with Gasteiger partial charge in [-0.25, -0.2) is 0 Å². The van der Waals surface area contributed by atoms with Gasteiger partial charge in [-0.15, -0.1) is 0 Å². The van der Waals surface area contributed by atoms with Crippen molar-refractivity contribution in [3.63, 3.8) is 0 Å². The Labute approximate surface area is 189 Å². The van der Waals surface area contributed by atoms with Gasteiger partial charge < -0.3 is 24.8 Å². The van der Waals surface area contributed by atoms with E-state index < -0.39 is 24.4 Å². The van der Waals surface area contributed by atoms with Crippen LogP contribution in [0.15, 0.2) is 12.2 Å². The maximum atomic E-state index is 11.8. The minimum Gasteiger partial charge on any atom is -0.463 e. The van der Waals surface area contributed by atoms with Gasteiger partial charge in [0.25, 0.3) is 0 Å². The van der Waals surface area contributed by atoms with Crippen molar-refractivity contribution in [3.05, 3.63) is 12.2 Å². The Balaban J connectivity index is 1.85. The molecule has 6 nitrogen and oxygen atoms in total. The highest BCUT2D eigenvalue weighted by atomic mass is 16.6. The molecule has 0 saturated carbocycles. The first-order valence-electron chi connectivity index (χ1n) is 12.5. The van der Waals surface area contributed by atoms with E-state index in [9.17, 15) is 20.1 Å². The van der Waals surface area contributed by atoms with Crippen LogP contribution < -0.4 is 0 Å². The predicted octanol–water partition coefficient (Wildman–Crippen LogP) is 4.44. The van der Waals surface area contributed by atoms with Crippen molar-refractivity contribution in [2.45, 2.75) is 128 Å². The van der Waals surface area contributed by atoms with Crippen LogP contribution in [0.3, 0.4) is 0 Å². The molecule has 1 aliphatic rings. The summed E-state index contributed by atoms with van der Waals surface area (Å²) in [6, 6.07) is 0. The van der Waals surface area contributed by atoms with E-state index in [-0.39, 0.29) is 19.2 Å². The van der Waals surface area contributed by atoms with Gasteiger partial charge in [0.1, 0.15) is 31.0 Å². The Morgan fingerprint density at radius 1 is 0.935 bits per heavy atom. The lowest BCUT2D eigenvalue weighted by Crippen LogP contribution is -2.41. The van der Waals surface area contributed by atoms with Crippen LogP contribution in [0.2, 0.25) is 0 Å². The summed E-state index contributed by atoms with van der Waals surface area (Å²) in [5, 5.41) is 29.0. The van der Waals surface area contributed by atoms with Gasteiger partial charge >= 0.3 is 5.97 Å². The first kappa shape index (κ1) is 28.1. The molecule has 6 heteroatoms. The first-order valence-corrected chi connectivity index (χ1v) is 12.5. The second-order valence-electron chi connectivity index (χ2n) is 8.79. The monoisotopic (exact) mass is 442 g/mol. The topological polar surface area (TPSA) is 96.2 Å². The summed E-state index contributed by atoms with van der Waals surface area (Å²) in [6.07, 6.45) is 17.9. The molecular formula is C25H46O6. The highest BCUT2D eigenvalue weighted by molar-refractivity contribution is 5.69. The summed E-state index contributed by atoms with van der Waals surface area (Å²) < 4.78 is 10.2. The third-order valence-electron chi connectivity index (χ3n) is 5.88.